The van der Waals surface area contributed by atoms with Crippen molar-refractivity contribution in [1.82, 2.24) is 0 Å². The highest BCUT2D eigenvalue weighted by molar-refractivity contribution is 6.06. The summed E-state index contributed by atoms with van der Waals surface area (Å²) in [4.78, 5) is 24.4. The van der Waals surface area contributed by atoms with Gasteiger partial charge in [0.1, 0.15) is 11.4 Å². The third-order valence-corrected chi connectivity index (χ3v) is 3.86. The number of carbonyl (C=O) groups is 1. The number of nitro benzene ring substituents is 1. The number of ether oxygens (including phenoxy) is 1. The number of anilines is 2. The second kappa shape index (κ2) is 8.70. The molecule has 2 rings (SSSR count). The molecule has 0 aliphatic heterocycles. The van der Waals surface area contributed by atoms with E-state index in [9.17, 15) is 41.3 Å². The summed E-state index contributed by atoms with van der Waals surface area (Å²) >= 11 is 0. The van der Waals surface area contributed by atoms with Crippen molar-refractivity contribution in [1.29, 1.82) is 0 Å². The molecule has 0 radical (unpaired) electrons. The number of halogens is 6. The van der Waals surface area contributed by atoms with Crippen LogP contribution >= 0.6 is 0 Å². The van der Waals surface area contributed by atoms with Gasteiger partial charge in [0.2, 0.25) is 0 Å². The average Bonchev–Trinajstić information content (AvgIpc) is 2.64. The van der Waals surface area contributed by atoms with Gasteiger partial charge in [-0.2, -0.15) is 26.3 Å². The van der Waals surface area contributed by atoms with Crippen LogP contribution in [0.2, 0.25) is 0 Å². The molecule has 0 atom stereocenters. The first-order valence-corrected chi connectivity index (χ1v) is 8.37. The summed E-state index contributed by atoms with van der Waals surface area (Å²) in [6.45, 7) is -1.80. The molecule has 0 aliphatic rings. The molecule has 2 aromatic rings. The quantitative estimate of drug-likeness (QED) is 0.385. The molecule has 0 bridgehead atoms. The normalized spacial score (nSPS) is 11.7. The monoisotopic (exact) mass is 451 g/mol. The van der Waals surface area contributed by atoms with Gasteiger partial charge in [-0.15, -0.1) is 0 Å². The largest absolute Gasteiger partial charge is 0.482 e. The van der Waals surface area contributed by atoms with E-state index in [0.717, 1.165) is 6.07 Å². The molecule has 168 valence electrons. The van der Waals surface area contributed by atoms with Crippen molar-refractivity contribution >= 4 is 23.0 Å². The Morgan fingerprint density at radius 2 is 1.74 bits per heavy atom. The molecular weight excluding hydrogens is 436 g/mol. The van der Waals surface area contributed by atoms with Crippen LogP contribution in [0.3, 0.4) is 0 Å². The minimum absolute atomic E-state index is 0.162. The van der Waals surface area contributed by atoms with Crippen LogP contribution in [0.4, 0.5) is 43.4 Å². The van der Waals surface area contributed by atoms with Crippen molar-refractivity contribution in [2.24, 2.45) is 0 Å². The van der Waals surface area contributed by atoms with E-state index in [2.05, 4.69) is 4.74 Å². The lowest BCUT2D eigenvalue weighted by molar-refractivity contribution is -0.384. The number of nitrogens with one attached hydrogen (secondary N) is 1. The van der Waals surface area contributed by atoms with Crippen LogP contribution in [-0.4, -0.2) is 37.7 Å². The lowest BCUT2D eigenvalue weighted by Gasteiger charge is -2.17. The fraction of sp³-hybridized carbons (Fsp3) is 0.278. The topological polar surface area (TPSA) is 84.7 Å². The fourth-order valence-electron chi connectivity index (χ4n) is 2.47. The maximum atomic E-state index is 13.0. The number of hydrogen-bond acceptors (Lipinski definition) is 5. The Bertz CT molecular complexity index is 989. The van der Waals surface area contributed by atoms with E-state index in [1.807, 2.05) is 5.32 Å². The van der Waals surface area contributed by atoms with Crippen molar-refractivity contribution in [3.05, 3.63) is 57.6 Å². The van der Waals surface area contributed by atoms with Gasteiger partial charge in [-0.25, -0.2) is 0 Å². The van der Waals surface area contributed by atoms with E-state index in [4.69, 9.17) is 0 Å². The van der Waals surface area contributed by atoms with E-state index in [-0.39, 0.29) is 11.3 Å². The number of nitrogens with zero attached hydrogens (tertiary/aromatic N) is 2. The molecule has 0 saturated carbocycles. The minimum atomic E-state index is -4.84. The van der Waals surface area contributed by atoms with Gasteiger partial charge in [-0.1, -0.05) is 0 Å². The van der Waals surface area contributed by atoms with Gasteiger partial charge in [-0.3, -0.25) is 14.9 Å². The molecule has 0 aromatic heterocycles. The Morgan fingerprint density at radius 3 is 2.26 bits per heavy atom. The highest BCUT2D eigenvalue weighted by Gasteiger charge is 2.33. The zero-order valence-electron chi connectivity index (χ0n) is 16.0. The van der Waals surface area contributed by atoms with Crippen molar-refractivity contribution in [2.45, 2.75) is 12.4 Å². The second-order valence-corrected chi connectivity index (χ2v) is 6.42. The lowest BCUT2D eigenvalue weighted by Crippen LogP contribution is -2.21. The Balaban J connectivity index is 2.42. The summed E-state index contributed by atoms with van der Waals surface area (Å²) in [5.41, 5.74) is -2.50. The zero-order valence-corrected chi connectivity index (χ0v) is 16.0. The van der Waals surface area contributed by atoms with Crippen LogP contribution in [-0.2, 0) is 6.18 Å². The van der Waals surface area contributed by atoms with Crippen LogP contribution < -0.4 is 15.0 Å². The molecular formula is C18H15F6N3O4. The fourth-order valence-corrected chi connectivity index (χ4v) is 2.47. The molecule has 31 heavy (non-hydrogen) atoms. The Kier molecular flexibility index (Phi) is 6.67. The summed E-state index contributed by atoms with van der Waals surface area (Å²) in [6, 6.07) is 4.88. The van der Waals surface area contributed by atoms with Crippen molar-refractivity contribution in [3.63, 3.8) is 0 Å². The van der Waals surface area contributed by atoms with E-state index in [0.29, 0.717) is 18.2 Å². The van der Waals surface area contributed by atoms with Gasteiger partial charge in [0, 0.05) is 25.7 Å². The van der Waals surface area contributed by atoms with Gasteiger partial charge in [0.05, 0.1) is 16.2 Å². The van der Waals surface area contributed by atoms with Crippen LogP contribution in [0, 0.1) is 10.1 Å². The highest BCUT2D eigenvalue weighted by Crippen LogP contribution is 2.36. The zero-order chi connectivity index (χ0) is 23.6. The Morgan fingerprint density at radius 1 is 1.10 bits per heavy atom. The van der Waals surface area contributed by atoms with Crippen LogP contribution in [0.15, 0.2) is 36.4 Å². The van der Waals surface area contributed by atoms with Crippen LogP contribution in [0.25, 0.3) is 0 Å². The predicted octanol–water partition coefficient (Wildman–Crippen LogP) is 4.87. The number of amides is 1. The molecule has 0 spiro atoms. The van der Waals surface area contributed by atoms with E-state index in [1.54, 1.807) is 0 Å². The van der Waals surface area contributed by atoms with Gasteiger partial charge in [0.15, 0.2) is 6.61 Å². The van der Waals surface area contributed by atoms with Gasteiger partial charge in [0.25, 0.3) is 11.6 Å². The number of alkyl halides is 6. The highest BCUT2D eigenvalue weighted by atomic mass is 19.4. The first kappa shape index (κ1) is 23.8. The molecule has 0 fully saturated rings. The lowest BCUT2D eigenvalue weighted by atomic mass is 10.1. The average molecular weight is 451 g/mol. The van der Waals surface area contributed by atoms with E-state index >= 15 is 0 Å². The molecule has 0 unspecified atom stereocenters. The number of rotatable bonds is 6. The smallest absolute Gasteiger partial charge is 0.422 e. The number of nitro groups is 1. The standard InChI is InChI=1S/C18H15F6N3O4/c1-26(2)13-5-3-10(7-14(13)27(29)30)16(28)25-12-8-11(18(22,23)24)4-6-15(12)31-9-17(19,20)21/h3-8H,9H2,1-2H3,(H,25,28). The summed E-state index contributed by atoms with van der Waals surface area (Å²) in [5.74, 6) is -1.73. The Hall–Kier alpha value is -3.51. The number of benzene rings is 2. The van der Waals surface area contributed by atoms with Crippen molar-refractivity contribution < 1.29 is 40.8 Å². The van der Waals surface area contributed by atoms with Gasteiger partial charge < -0.3 is 15.0 Å². The summed E-state index contributed by atoms with van der Waals surface area (Å²) in [6.07, 6.45) is -9.61. The third-order valence-electron chi connectivity index (χ3n) is 3.86. The van der Waals surface area contributed by atoms with Crippen LogP contribution in [0.1, 0.15) is 15.9 Å². The first-order chi connectivity index (χ1) is 14.2. The minimum Gasteiger partial charge on any atom is -0.482 e. The molecule has 1 N–H and O–H groups in total. The number of hydrogen-bond donors (Lipinski definition) is 1. The van der Waals surface area contributed by atoms with E-state index in [1.165, 1.54) is 31.1 Å². The molecule has 2 aromatic carbocycles. The molecule has 7 nitrogen and oxygen atoms in total. The van der Waals surface area contributed by atoms with Crippen molar-refractivity contribution in [2.75, 3.05) is 30.9 Å². The maximum Gasteiger partial charge on any atom is 0.422 e. The Labute approximate surface area is 171 Å². The van der Waals surface area contributed by atoms with Gasteiger partial charge >= 0.3 is 12.4 Å². The first-order valence-electron chi connectivity index (χ1n) is 8.37. The molecule has 0 saturated heterocycles. The molecule has 0 aliphatic carbocycles. The van der Waals surface area contributed by atoms with E-state index < -0.39 is 52.5 Å². The summed E-state index contributed by atoms with van der Waals surface area (Å²) in [5, 5.41) is 13.3. The molecule has 13 heteroatoms. The van der Waals surface area contributed by atoms with Gasteiger partial charge in [-0.05, 0) is 30.3 Å². The maximum absolute atomic E-state index is 13.0. The molecule has 1 amide bonds. The van der Waals surface area contributed by atoms with Crippen LogP contribution in [0.5, 0.6) is 5.75 Å². The summed E-state index contributed by atoms with van der Waals surface area (Å²) in [7, 11) is 3.05. The number of carbonyl (C=O) groups excluding carboxylic acids is 1. The molecule has 0 heterocycles. The SMILES string of the molecule is CN(C)c1ccc(C(=O)Nc2cc(C(F)(F)F)ccc2OCC(F)(F)F)cc1[N+](=O)[O-]. The second-order valence-electron chi connectivity index (χ2n) is 6.42. The predicted molar refractivity (Wildman–Crippen MR) is 98.4 cm³/mol. The summed E-state index contributed by atoms with van der Waals surface area (Å²) < 4.78 is 80.7. The van der Waals surface area contributed by atoms with Crippen molar-refractivity contribution in [3.8, 4) is 5.75 Å². The third kappa shape index (κ3) is 6.23.